The fourth-order valence-electron chi connectivity index (χ4n) is 3.36. The van der Waals surface area contributed by atoms with Crippen molar-refractivity contribution >= 4 is 21.4 Å². The number of benzene rings is 1. The Morgan fingerprint density at radius 3 is 2.91 bits per heavy atom. The number of thiophene rings is 1. The van der Waals surface area contributed by atoms with E-state index < -0.39 is 6.10 Å². The summed E-state index contributed by atoms with van der Waals surface area (Å²) in [6.45, 7) is 6.34. The van der Waals surface area contributed by atoms with E-state index in [0.717, 1.165) is 17.8 Å². The van der Waals surface area contributed by atoms with E-state index in [1.54, 1.807) is 11.3 Å². The molecule has 1 aromatic carbocycles. The van der Waals surface area contributed by atoms with Gasteiger partial charge in [0.25, 0.3) is 0 Å². The summed E-state index contributed by atoms with van der Waals surface area (Å²) < 4.78 is 1.25. The van der Waals surface area contributed by atoms with E-state index in [9.17, 15) is 5.11 Å². The summed E-state index contributed by atoms with van der Waals surface area (Å²) in [6.07, 6.45) is 0.733. The third-order valence-corrected chi connectivity index (χ3v) is 6.17. The van der Waals surface area contributed by atoms with Gasteiger partial charge in [-0.1, -0.05) is 25.1 Å². The Balaban J connectivity index is 1.61. The summed E-state index contributed by atoms with van der Waals surface area (Å²) in [5, 5.41) is 15.3. The number of aliphatic hydroxyl groups excluding tert-OH is 1. The largest absolute Gasteiger partial charge is 0.386 e. The topological polar surface area (TPSA) is 35.5 Å². The number of rotatable bonds is 4. The van der Waals surface area contributed by atoms with E-state index in [4.69, 9.17) is 0 Å². The highest BCUT2D eigenvalue weighted by Gasteiger charge is 2.29. The highest BCUT2D eigenvalue weighted by atomic mass is 32.1. The molecule has 0 radical (unpaired) electrons. The maximum atomic E-state index is 10.5. The van der Waals surface area contributed by atoms with Crippen molar-refractivity contribution in [2.75, 3.05) is 20.1 Å². The lowest BCUT2D eigenvalue weighted by Gasteiger charge is -2.40. The Labute approximate surface area is 137 Å². The summed E-state index contributed by atoms with van der Waals surface area (Å²) in [5.74, 6) is 0.621. The van der Waals surface area contributed by atoms with Crippen LogP contribution in [0.25, 0.3) is 10.1 Å². The van der Waals surface area contributed by atoms with Gasteiger partial charge in [-0.05, 0) is 43.8 Å². The standard InChI is InChI=1S/C18H26N2OS/c1-12-11-20(3)13(2)8-15(12)19-10-16(21)18-9-14-6-4-5-7-17(14)22-18/h4-7,9,12-13,15-16,19,21H,8,10-11H2,1-3H3. The average Bonchev–Trinajstić information content (AvgIpc) is 2.93. The molecule has 120 valence electrons. The predicted octanol–water partition coefficient (Wildman–Crippen LogP) is 3.25. The summed E-state index contributed by atoms with van der Waals surface area (Å²) in [6, 6.07) is 11.5. The van der Waals surface area contributed by atoms with Crippen LogP contribution in [-0.2, 0) is 0 Å². The molecule has 2 heterocycles. The minimum absolute atomic E-state index is 0.417. The van der Waals surface area contributed by atoms with Crippen LogP contribution in [0.2, 0.25) is 0 Å². The second-order valence-electron chi connectivity index (χ2n) is 6.72. The third-order valence-electron chi connectivity index (χ3n) is 4.96. The molecule has 4 unspecified atom stereocenters. The van der Waals surface area contributed by atoms with Gasteiger partial charge in [0.1, 0.15) is 6.10 Å². The average molecular weight is 318 g/mol. The monoisotopic (exact) mass is 318 g/mol. The molecule has 2 aromatic rings. The van der Waals surface area contributed by atoms with Gasteiger partial charge in [-0.2, -0.15) is 0 Å². The fourth-order valence-corrected chi connectivity index (χ4v) is 4.41. The highest BCUT2D eigenvalue weighted by Crippen LogP contribution is 2.30. The molecule has 0 aliphatic carbocycles. The molecule has 1 saturated heterocycles. The number of fused-ring (bicyclic) bond motifs is 1. The van der Waals surface area contributed by atoms with Crippen LogP contribution < -0.4 is 5.32 Å². The molecule has 0 bridgehead atoms. The lowest BCUT2D eigenvalue weighted by atomic mass is 9.90. The molecule has 4 atom stereocenters. The highest BCUT2D eigenvalue weighted by molar-refractivity contribution is 7.19. The summed E-state index contributed by atoms with van der Waals surface area (Å²) in [5.41, 5.74) is 0. The van der Waals surface area contributed by atoms with Gasteiger partial charge in [0.2, 0.25) is 0 Å². The number of nitrogens with one attached hydrogen (secondary N) is 1. The van der Waals surface area contributed by atoms with Gasteiger partial charge in [-0.15, -0.1) is 11.3 Å². The van der Waals surface area contributed by atoms with Crippen LogP contribution in [0.15, 0.2) is 30.3 Å². The van der Waals surface area contributed by atoms with E-state index in [1.807, 2.05) is 6.07 Å². The molecule has 3 nitrogen and oxygen atoms in total. The summed E-state index contributed by atoms with van der Waals surface area (Å²) in [7, 11) is 2.20. The molecular weight excluding hydrogens is 292 g/mol. The number of hydrogen-bond donors (Lipinski definition) is 2. The van der Waals surface area contributed by atoms with Gasteiger partial charge >= 0.3 is 0 Å². The lowest BCUT2D eigenvalue weighted by molar-refractivity contribution is 0.106. The quantitative estimate of drug-likeness (QED) is 0.908. The zero-order valence-corrected chi connectivity index (χ0v) is 14.4. The third kappa shape index (κ3) is 3.35. The minimum Gasteiger partial charge on any atom is -0.386 e. The van der Waals surface area contributed by atoms with Crippen molar-refractivity contribution in [2.45, 2.75) is 38.5 Å². The van der Waals surface area contributed by atoms with Crippen LogP contribution in [0.4, 0.5) is 0 Å². The number of piperidine rings is 1. The zero-order chi connectivity index (χ0) is 15.7. The van der Waals surface area contributed by atoms with Crippen molar-refractivity contribution in [3.05, 3.63) is 35.2 Å². The van der Waals surface area contributed by atoms with Gasteiger partial charge in [0, 0.05) is 34.8 Å². The molecule has 0 spiro atoms. The van der Waals surface area contributed by atoms with E-state index in [-0.39, 0.29) is 0 Å². The first kappa shape index (κ1) is 15.9. The van der Waals surface area contributed by atoms with E-state index in [2.05, 4.69) is 55.4 Å². The molecule has 1 aliphatic rings. The van der Waals surface area contributed by atoms with Gasteiger partial charge in [-0.3, -0.25) is 0 Å². The number of hydrogen-bond acceptors (Lipinski definition) is 4. The molecule has 22 heavy (non-hydrogen) atoms. The van der Waals surface area contributed by atoms with Gasteiger partial charge in [-0.25, -0.2) is 0 Å². The number of aliphatic hydroxyl groups is 1. The molecule has 1 aromatic heterocycles. The molecule has 3 rings (SSSR count). The zero-order valence-electron chi connectivity index (χ0n) is 13.6. The summed E-state index contributed by atoms with van der Waals surface area (Å²) >= 11 is 1.70. The Hall–Kier alpha value is -0.940. The van der Waals surface area contributed by atoms with Crippen LogP contribution in [0, 0.1) is 5.92 Å². The van der Waals surface area contributed by atoms with Gasteiger partial charge < -0.3 is 15.3 Å². The molecule has 1 aliphatic heterocycles. The van der Waals surface area contributed by atoms with Crippen molar-refractivity contribution in [3.63, 3.8) is 0 Å². The van der Waals surface area contributed by atoms with Crippen molar-refractivity contribution in [1.82, 2.24) is 10.2 Å². The number of likely N-dealkylation sites (tertiary alicyclic amines) is 1. The molecule has 2 N–H and O–H groups in total. The first-order valence-electron chi connectivity index (χ1n) is 8.14. The van der Waals surface area contributed by atoms with Crippen molar-refractivity contribution < 1.29 is 5.11 Å². The fraction of sp³-hybridized carbons (Fsp3) is 0.556. The van der Waals surface area contributed by atoms with Gasteiger partial charge in [0.05, 0.1) is 0 Å². The van der Waals surface area contributed by atoms with Crippen LogP contribution in [-0.4, -0.2) is 42.2 Å². The first-order chi connectivity index (χ1) is 10.5. The van der Waals surface area contributed by atoms with Crippen molar-refractivity contribution in [3.8, 4) is 0 Å². The maximum absolute atomic E-state index is 10.5. The SMILES string of the molecule is CC1CN(C)C(C)CC1NCC(O)c1cc2ccccc2s1. The molecule has 0 saturated carbocycles. The van der Waals surface area contributed by atoms with Crippen LogP contribution in [0.1, 0.15) is 31.2 Å². The van der Waals surface area contributed by atoms with Crippen molar-refractivity contribution in [2.24, 2.45) is 5.92 Å². The predicted molar refractivity (Wildman–Crippen MR) is 94.4 cm³/mol. The molecule has 1 fully saturated rings. The van der Waals surface area contributed by atoms with E-state index in [0.29, 0.717) is 24.5 Å². The smallest absolute Gasteiger partial charge is 0.101 e. The molecular formula is C18H26N2OS. The lowest BCUT2D eigenvalue weighted by Crippen LogP contribution is -2.51. The second-order valence-corrected chi connectivity index (χ2v) is 7.83. The Bertz CT molecular complexity index is 593. The van der Waals surface area contributed by atoms with E-state index in [1.165, 1.54) is 10.1 Å². The Morgan fingerprint density at radius 2 is 2.14 bits per heavy atom. The maximum Gasteiger partial charge on any atom is 0.101 e. The number of nitrogens with zero attached hydrogens (tertiary/aromatic N) is 1. The summed E-state index contributed by atoms with van der Waals surface area (Å²) in [4.78, 5) is 3.48. The molecule has 4 heteroatoms. The first-order valence-corrected chi connectivity index (χ1v) is 8.96. The van der Waals surface area contributed by atoms with Crippen LogP contribution in [0.5, 0.6) is 0 Å². The van der Waals surface area contributed by atoms with Crippen LogP contribution in [0.3, 0.4) is 0 Å². The molecule has 0 amide bonds. The Kier molecular flexibility index (Phi) is 4.83. The van der Waals surface area contributed by atoms with Gasteiger partial charge in [0.15, 0.2) is 0 Å². The van der Waals surface area contributed by atoms with Crippen LogP contribution >= 0.6 is 11.3 Å². The minimum atomic E-state index is -0.417. The van der Waals surface area contributed by atoms with E-state index >= 15 is 0 Å². The normalized spacial score (nSPS) is 28.1. The Morgan fingerprint density at radius 1 is 1.36 bits per heavy atom. The van der Waals surface area contributed by atoms with Crippen molar-refractivity contribution in [1.29, 1.82) is 0 Å². The second kappa shape index (κ2) is 6.67.